The molecule has 8 heteroatoms. The molecular formula is C12H18O8. The van der Waals surface area contributed by atoms with E-state index in [0.717, 1.165) is 0 Å². The summed E-state index contributed by atoms with van der Waals surface area (Å²) in [5.41, 5.74) is 0. The van der Waals surface area contributed by atoms with Gasteiger partial charge in [0.05, 0.1) is 19.8 Å². The van der Waals surface area contributed by atoms with Crippen molar-refractivity contribution in [2.24, 2.45) is 5.92 Å². The Labute approximate surface area is 116 Å². The SMILES string of the molecule is O=COCCCCCOC(=O)C(CCOC=O)C(=O)O. The van der Waals surface area contributed by atoms with Gasteiger partial charge in [0.1, 0.15) is 0 Å². The third-order valence-electron chi connectivity index (χ3n) is 2.39. The summed E-state index contributed by atoms with van der Waals surface area (Å²) in [5, 5.41) is 8.85. The van der Waals surface area contributed by atoms with E-state index >= 15 is 0 Å². The minimum absolute atomic E-state index is 0.0955. The molecule has 0 amide bonds. The van der Waals surface area contributed by atoms with Gasteiger partial charge in [-0.3, -0.25) is 19.2 Å². The smallest absolute Gasteiger partial charge is 0.320 e. The van der Waals surface area contributed by atoms with E-state index in [1.165, 1.54) is 0 Å². The highest BCUT2D eigenvalue weighted by molar-refractivity contribution is 5.93. The topological polar surface area (TPSA) is 116 Å². The fourth-order valence-electron chi connectivity index (χ4n) is 1.36. The van der Waals surface area contributed by atoms with Gasteiger partial charge in [0.2, 0.25) is 0 Å². The molecular weight excluding hydrogens is 272 g/mol. The molecule has 0 saturated heterocycles. The van der Waals surface area contributed by atoms with Crippen LogP contribution in [0.15, 0.2) is 0 Å². The van der Waals surface area contributed by atoms with Crippen LogP contribution in [0.4, 0.5) is 0 Å². The Morgan fingerprint density at radius 1 is 0.950 bits per heavy atom. The number of esters is 1. The highest BCUT2D eigenvalue weighted by Crippen LogP contribution is 2.07. The summed E-state index contributed by atoms with van der Waals surface area (Å²) < 4.78 is 13.7. The van der Waals surface area contributed by atoms with E-state index in [2.05, 4.69) is 9.47 Å². The van der Waals surface area contributed by atoms with Gasteiger partial charge in [0.25, 0.3) is 12.9 Å². The molecule has 0 fully saturated rings. The fraction of sp³-hybridized carbons (Fsp3) is 0.667. The van der Waals surface area contributed by atoms with Crippen molar-refractivity contribution in [1.29, 1.82) is 0 Å². The molecule has 0 aliphatic heterocycles. The predicted octanol–water partition coefficient (Wildman–Crippen LogP) is 0.137. The van der Waals surface area contributed by atoms with Crippen molar-refractivity contribution in [2.45, 2.75) is 25.7 Å². The van der Waals surface area contributed by atoms with Crippen LogP contribution >= 0.6 is 0 Å². The minimum Gasteiger partial charge on any atom is -0.481 e. The number of carbonyl (C=O) groups excluding carboxylic acids is 3. The van der Waals surface area contributed by atoms with E-state index in [0.29, 0.717) is 32.3 Å². The van der Waals surface area contributed by atoms with Crippen molar-refractivity contribution < 1.29 is 38.5 Å². The number of ether oxygens (including phenoxy) is 3. The number of aliphatic carboxylic acids is 1. The molecule has 0 aromatic carbocycles. The van der Waals surface area contributed by atoms with Crippen LogP contribution in [-0.2, 0) is 33.4 Å². The first-order chi connectivity index (χ1) is 9.63. The first-order valence-electron chi connectivity index (χ1n) is 6.13. The molecule has 0 aliphatic rings. The van der Waals surface area contributed by atoms with E-state index in [4.69, 9.17) is 9.84 Å². The number of hydrogen-bond donors (Lipinski definition) is 1. The van der Waals surface area contributed by atoms with E-state index in [-0.39, 0.29) is 26.1 Å². The quantitative estimate of drug-likeness (QED) is 0.167. The molecule has 0 aromatic rings. The van der Waals surface area contributed by atoms with Gasteiger partial charge in [0, 0.05) is 6.42 Å². The molecule has 0 aromatic heterocycles. The summed E-state index contributed by atoms with van der Waals surface area (Å²) in [6, 6.07) is 0. The second-order valence-corrected chi connectivity index (χ2v) is 3.84. The van der Waals surface area contributed by atoms with Gasteiger partial charge in [0.15, 0.2) is 5.92 Å². The average molecular weight is 290 g/mol. The predicted molar refractivity (Wildman–Crippen MR) is 64.6 cm³/mol. The molecule has 1 unspecified atom stereocenters. The first-order valence-corrected chi connectivity index (χ1v) is 6.13. The van der Waals surface area contributed by atoms with Crippen LogP contribution in [0.25, 0.3) is 0 Å². The highest BCUT2D eigenvalue weighted by Gasteiger charge is 2.27. The minimum atomic E-state index is -1.34. The molecule has 1 atom stereocenters. The summed E-state index contributed by atoms with van der Waals surface area (Å²) in [6.07, 6.45) is 1.75. The highest BCUT2D eigenvalue weighted by atomic mass is 16.5. The maximum absolute atomic E-state index is 11.5. The fourth-order valence-corrected chi connectivity index (χ4v) is 1.36. The molecule has 0 saturated carbocycles. The Morgan fingerprint density at radius 2 is 1.55 bits per heavy atom. The van der Waals surface area contributed by atoms with Crippen molar-refractivity contribution in [2.75, 3.05) is 19.8 Å². The summed E-state index contributed by atoms with van der Waals surface area (Å²) in [7, 11) is 0. The third kappa shape index (κ3) is 8.90. The average Bonchev–Trinajstić information content (AvgIpc) is 2.42. The normalized spacial score (nSPS) is 11.2. The summed E-state index contributed by atoms with van der Waals surface area (Å²) in [5.74, 6) is -3.51. The van der Waals surface area contributed by atoms with Gasteiger partial charge in [-0.1, -0.05) is 0 Å². The van der Waals surface area contributed by atoms with Crippen LogP contribution in [0.5, 0.6) is 0 Å². The number of hydrogen-bond acceptors (Lipinski definition) is 7. The lowest BCUT2D eigenvalue weighted by Gasteiger charge is -2.11. The van der Waals surface area contributed by atoms with Crippen molar-refractivity contribution >= 4 is 24.9 Å². The van der Waals surface area contributed by atoms with Crippen molar-refractivity contribution in [1.82, 2.24) is 0 Å². The summed E-state index contributed by atoms with van der Waals surface area (Å²) in [6.45, 7) is 0.791. The molecule has 0 heterocycles. The van der Waals surface area contributed by atoms with Crippen molar-refractivity contribution in [3.8, 4) is 0 Å². The van der Waals surface area contributed by atoms with Crippen LogP contribution in [0.3, 0.4) is 0 Å². The van der Waals surface area contributed by atoms with E-state index in [9.17, 15) is 19.2 Å². The van der Waals surface area contributed by atoms with Gasteiger partial charge in [-0.25, -0.2) is 0 Å². The van der Waals surface area contributed by atoms with E-state index in [1.54, 1.807) is 0 Å². The zero-order valence-corrected chi connectivity index (χ0v) is 11.0. The number of unbranched alkanes of at least 4 members (excludes halogenated alkanes) is 2. The van der Waals surface area contributed by atoms with Crippen molar-refractivity contribution in [3.63, 3.8) is 0 Å². The lowest BCUT2D eigenvalue weighted by Crippen LogP contribution is -2.27. The molecule has 1 N–H and O–H groups in total. The second kappa shape index (κ2) is 11.9. The Hall–Kier alpha value is -2.12. The van der Waals surface area contributed by atoms with Crippen LogP contribution in [-0.4, -0.2) is 49.8 Å². The summed E-state index contributed by atoms with van der Waals surface area (Å²) in [4.78, 5) is 42.1. The molecule has 8 nitrogen and oxygen atoms in total. The summed E-state index contributed by atoms with van der Waals surface area (Å²) >= 11 is 0. The number of carboxylic acids is 1. The van der Waals surface area contributed by atoms with Gasteiger partial charge in [-0.15, -0.1) is 0 Å². The monoisotopic (exact) mass is 290 g/mol. The van der Waals surface area contributed by atoms with E-state index in [1.807, 2.05) is 0 Å². The van der Waals surface area contributed by atoms with Gasteiger partial charge < -0.3 is 19.3 Å². The number of carbonyl (C=O) groups is 4. The Balaban J connectivity index is 3.81. The largest absolute Gasteiger partial charge is 0.481 e. The molecule has 0 spiro atoms. The first kappa shape index (κ1) is 17.9. The second-order valence-electron chi connectivity index (χ2n) is 3.84. The Bertz CT molecular complexity index is 315. The molecule has 20 heavy (non-hydrogen) atoms. The lowest BCUT2D eigenvalue weighted by molar-refractivity contribution is -0.160. The molecule has 0 rings (SSSR count). The van der Waals surface area contributed by atoms with Gasteiger partial charge in [-0.05, 0) is 19.3 Å². The van der Waals surface area contributed by atoms with Crippen LogP contribution in [0, 0.1) is 5.92 Å². The number of rotatable bonds is 13. The van der Waals surface area contributed by atoms with Crippen LogP contribution in [0.1, 0.15) is 25.7 Å². The van der Waals surface area contributed by atoms with Gasteiger partial charge >= 0.3 is 11.9 Å². The zero-order chi connectivity index (χ0) is 15.2. The Morgan fingerprint density at radius 3 is 2.15 bits per heavy atom. The van der Waals surface area contributed by atoms with Crippen molar-refractivity contribution in [3.05, 3.63) is 0 Å². The zero-order valence-electron chi connectivity index (χ0n) is 11.0. The van der Waals surface area contributed by atoms with Crippen LogP contribution < -0.4 is 0 Å². The molecule has 0 radical (unpaired) electrons. The van der Waals surface area contributed by atoms with Crippen LogP contribution in [0.2, 0.25) is 0 Å². The number of carboxylic acid groups (broad SMARTS) is 1. The van der Waals surface area contributed by atoms with E-state index < -0.39 is 17.9 Å². The molecule has 0 aliphatic carbocycles. The van der Waals surface area contributed by atoms with Gasteiger partial charge in [-0.2, -0.15) is 0 Å². The molecule has 0 bridgehead atoms. The molecule has 114 valence electrons. The third-order valence-corrected chi connectivity index (χ3v) is 2.39. The lowest BCUT2D eigenvalue weighted by atomic mass is 10.1. The Kier molecular flexibility index (Phi) is 10.7. The maximum Gasteiger partial charge on any atom is 0.320 e. The standard InChI is InChI=1S/C12H18O8/c13-8-18-5-2-1-3-6-20-12(17)10(11(15)16)4-7-19-9-14/h8-10H,1-7H2,(H,15,16). The maximum atomic E-state index is 11.5.